The number of aliphatic hydroxyl groups is 1. The molecule has 0 radical (unpaired) electrons. The lowest BCUT2D eigenvalue weighted by Gasteiger charge is -2.76. The van der Waals surface area contributed by atoms with Gasteiger partial charge in [-0.3, -0.25) is 4.79 Å². The third-order valence-electron chi connectivity index (χ3n) is 14.4. The van der Waals surface area contributed by atoms with Crippen LogP contribution in [0.1, 0.15) is 113 Å². The largest absolute Gasteiger partial charge is 0.462 e. The van der Waals surface area contributed by atoms with E-state index in [1.54, 1.807) is 6.92 Å². The molecule has 0 aromatic rings. The van der Waals surface area contributed by atoms with Crippen LogP contribution >= 0.6 is 15.9 Å². The van der Waals surface area contributed by atoms with Gasteiger partial charge in [0.2, 0.25) is 0 Å². The van der Waals surface area contributed by atoms with Gasteiger partial charge in [-0.25, -0.2) is 0 Å². The minimum atomic E-state index is -0.286. The molecule has 5 heteroatoms. The highest BCUT2D eigenvalue weighted by Gasteiger charge is 2.82. The number of esters is 1. The summed E-state index contributed by atoms with van der Waals surface area (Å²) in [6.07, 6.45) is 9.50. The molecule has 2 bridgehead atoms. The monoisotopic (exact) mass is 578 g/mol. The van der Waals surface area contributed by atoms with Gasteiger partial charge in [0.25, 0.3) is 0 Å². The number of aliphatic hydroxyl groups excluding tert-OH is 1. The number of hydrogen-bond donors (Lipinski definition) is 1. The summed E-state index contributed by atoms with van der Waals surface area (Å²) >= 11 is 4.35. The Bertz CT molecular complexity index is 993. The van der Waals surface area contributed by atoms with E-state index in [0.717, 1.165) is 58.0 Å². The van der Waals surface area contributed by atoms with Gasteiger partial charge < -0.3 is 14.6 Å². The van der Waals surface area contributed by atoms with Crippen LogP contribution in [-0.2, 0) is 14.3 Å². The van der Waals surface area contributed by atoms with Crippen LogP contribution in [0.3, 0.4) is 0 Å². The van der Waals surface area contributed by atoms with E-state index in [1.165, 1.54) is 6.42 Å². The van der Waals surface area contributed by atoms with Crippen molar-refractivity contribution in [2.24, 2.45) is 50.2 Å². The molecule has 6 aliphatic rings. The Labute approximate surface area is 233 Å². The first-order valence-corrected chi connectivity index (χ1v) is 16.1. The molecule has 5 saturated carbocycles. The molecular formula is C32H51BrO4. The summed E-state index contributed by atoms with van der Waals surface area (Å²) < 4.78 is 13.1. The Kier molecular flexibility index (Phi) is 5.69. The Balaban J connectivity index is 1.44. The zero-order chi connectivity index (χ0) is 27.0. The molecule has 0 amide bonds. The van der Waals surface area contributed by atoms with Gasteiger partial charge in [0.15, 0.2) is 0 Å². The second-order valence-electron chi connectivity index (χ2n) is 16.5. The second kappa shape index (κ2) is 7.78. The number of carbonyl (C=O) groups is 1. The number of fused-ring (bicyclic) bond motifs is 4. The fraction of sp³-hybridized carbons (Fsp3) is 0.969. The molecule has 210 valence electrons. The fourth-order valence-electron chi connectivity index (χ4n) is 12.3. The van der Waals surface area contributed by atoms with Crippen LogP contribution in [0.25, 0.3) is 0 Å². The average molecular weight is 580 g/mol. The highest BCUT2D eigenvalue weighted by Crippen LogP contribution is 2.81. The minimum absolute atomic E-state index is 0.00234. The van der Waals surface area contributed by atoms with Crippen LogP contribution in [0, 0.1) is 50.2 Å². The molecule has 1 saturated heterocycles. The van der Waals surface area contributed by atoms with Gasteiger partial charge in [-0.2, -0.15) is 0 Å². The lowest BCUT2D eigenvalue weighted by atomic mass is 9.30. The average Bonchev–Trinajstić information content (AvgIpc) is 3.07. The molecule has 4 nitrogen and oxygen atoms in total. The predicted octanol–water partition coefficient (Wildman–Crippen LogP) is 7.30. The Morgan fingerprint density at radius 2 is 1.62 bits per heavy atom. The van der Waals surface area contributed by atoms with Gasteiger partial charge in [-0.1, -0.05) is 64.4 Å². The predicted molar refractivity (Wildman–Crippen MR) is 149 cm³/mol. The van der Waals surface area contributed by atoms with Crippen molar-refractivity contribution in [3.63, 3.8) is 0 Å². The molecule has 6 fully saturated rings. The van der Waals surface area contributed by atoms with Crippen molar-refractivity contribution < 1.29 is 19.4 Å². The topological polar surface area (TPSA) is 55.8 Å². The van der Waals surface area contributed by atoms with E-state index < -0.39 is 0 Å². The van der Waals surface area contributed by atoms with Crippen molar-refractivity contribution in [3.05, 3.63) is 0 Å². The number of rotatable bonds is 1. The fourth-order valence-corrected chi connectivity index (χ4v) is 13.7. The Morgan fingerprint density at radius 3 is 2.30 bits per heavy atom. The Morgan fingerprint density at radius 1 is 0.919 bits per heavy atom. The molecule has 11 atom stereocenters. The SMILES string of the molecule is CC(=O)O[C@H]1CC[C@]2(C)[C@H]3C[C@H](Br)[C@]45OC[C@@]6(CCC(C)(C)C[C@H]64)[C@H](O)C[C@@]5(C)[C@]3(C)CC[C@H]2C1(C)C. The number of alkyl halides is 1. The van der Waals surface area contributed by atoms with E-state index in [1.807, 2.05) is 0 Å². The van der Waals surface area contributed by atoms with Crippen LogP contribution in [0.5, 0.6) is 0 Å². The maximum Gasteiger partial charge on any atom is 0.302 e. The van der Waals surface area contributed by atoms with Gasteiger partial charge in [0.1, 0.15) is 6.10 Å². The van der Waals surface area contributed by atoms with Gasteiger partial charge >= 0.3 is 5.97 Å². The molecular weight excluding hydrogens is 528 g/mol. The van der Waals surface area contributed by atoms with Crippen LogP contribution in [-0.4, -0.2) is 40.3 Å². The van der Waals surface area contributed by atoms with E-state index in [9.17, 15) is 9.90 Å². The lowest BCUT2D eigenvalue weighted by Crippen LogP contribution is -2.76. The second-order valence-corrected chi connectivity index (χ2v) is 17.6. The summed E-state index contributed by atoms with van der Waals surface area (Å²) in [6, 6.07) is 0. The van der Waals surface area contributed by atoms with Crippen molar-refractivity contribution in [2.75, 3.05) is 6.61 Å². The standard InChI is InChI=1S/C32H51BrO4/c1-19(34)37-25-10-11-28(6)20(27(25,4)5)9-12-29(7)21(28)15-23(33)32-22-16-26(2,3)13-14-31(22,18-36-32)24(35)17-30(29,32)8/h20-25,35H,9-18H2,1-8H3/t20-,21+,22+,23-,24+,25-,28-,29+,30-,31+,32+/m0/s1. The summed E-state index contributed by atoms with van der Waals surface area (Å²) in [6.45, 7) is 19.5. The molecule has 1 spiro atoms. The lowest BCUT2D eigenvalue weighted by molar-refractivity contribution is -0.294. The zero-order valence-electron chi connectivity index (χ0n) is 24.6. The maximum atomic E-state index is 12.0. The van der Waals surface area contributed by atoms with Gasteiger partial charge in [0.05, 0.1) is 18.3 Å². The molecule has 1 N–H and O–H groups in total. The van der Waals surface area contributed by atoms with Gasteiger partial charge in [-0.15, -0.1) is 0 Å². The van der Waals surface area contributed by atoms with Gasteiger partial charge in [-0.05, 0) is 85.9 Å². The molecule has 6 rings (SSSR count). The molecule has 1 heterocycles. The smallest absolute Gasteiger partial charge is 0.302 e. The quantitative estimate of drug-likeness (QED) is 0.262. The molecule has 1 aliphatic heterocycles. The molecule has 0 unspecified atom stereocenters. The first-order valence-electron chi connectivity index (χ1n) is 15.1. The van der Waals surface area contributed by atoms with E-state index in [2.05, 4.69) is 64.4 Å². The zero-order valence-corrected chi connectivity index (χ0v) is 26.2. The summed E-state index contributed by atoms with van der Waals surface area (Å²) in [5, 5.41) is 12.0. The molecule has 0 aromatic carbocycles. The van der Waals surface area contributed by atoms with E-state index in [4.69, 9.17) is 9.47 Å². The molecule has 5 aliphatic carbocycles. The number of halogens is 1. The van der Waals surface area contributed by atoms with Crippen molar-refractivity contribution in [3.8, 4) is 0 Å². The van der Waals surface area contributed by atoms with Gasteiger partial charge in [0, 0.05) is 33.9 Å². The van der Waals surface area contributed by atoms with Crippen LogP contribution in [0.4, 0.5) is 0 Å². The summed E-state index contributed by atoms with van der Waals surface area (Å²) in [5.74, 6) is 1.31. The van der Waals surface area contributed by atoms with E-state index in [0.29, 0.717) is 28.0 Å². The van der Waals surface area contributed by atoms with Crippen LogP contribution in [0.2, 0.25) is 0 Å². The summed E-state index contributed by atoms with van der Waals surface area (Å²) in [7, 11) is 0. The summed E-state index contributed by atoms with van der Waals surface area (Å²) in [4.78, 5) is 12.3. The normalized spacial score (nSPS) is 57.4. The van der Waals surface area contributed by atoms with Crippen molar-refractivity contribution in [2.45, 2.75) is 136 Å². The first-order chi connectivity index (χ1) is 17.0. The van der Waals surface area contributed by atoms with Crippen LogP contribution in [0.15, 0.2) is 0 Å². The number of hydrogen-bond acceptors (Lipinski definition) is 4. The first kappa shape index (κ1) is 27.1. The third-order valence-corrected chi connectivity index (χ3v) is 15.5. The molecule has 0 aromatic heterocycles. The number of ether oxygens (including phenoxy) is 2. The van der Waals surface area contributed by atoms with E-state index in [-0.39, 0.29) is 50.9 Å². The number of carbonyl (C=O) groups excluding carboxylic acids is 1. The highest BCUT2D eigenvalue weighted by molar-refractivity contribution is 9.09. The maximum absolute atomic E-state index is 12.0. The van der Waals surface area contributed by atoms with Crippen molar-refractivity contribution in [1.82, 2.24) is 0 Å². The third kappa shape index (κ3) is 3.06. The van der Waals surface area contributed by atoms with Crippen molar-refractivity contribution >= 4 is 21.9 Å². The molecule has 37 heavy (non-hydrogen) atoms. The van der Waals surface area contributed by atoms with Crippen LogP contribution < -0.4 is 0 Å². The van der Waals surface area contributed by atoms with Crippen molar-refractivity contribution in [1.29, 1.82) is 0 Å². The van der Waals surface area contributed by atoms with E-state index >= 15 is 0 Å². The highest BCUT2D eigenvalue weighted by atomic mass is 79.9. The minimum Gasteiger partial charge on any atom is -0.462 e. The summed E-state index contributed by atoms with van der Waals surface area (Å²) in [5.41, 5.74) is 0.119. The Hall–Kier alpha value is -0.130.